The van der Waals surface area contributed by atoms with Gasteiger partial charge in [-0.25, -0.2) is 0 Å². The third-order valence-electron chi connectivity index (χ3n) is 5.24. The maximum Gasteiger partial charge on any atom is 0.573 e. The Balaban J connectivity index is 1.64. The Labute approximate surface area is 198 Å². The van der Waals surface area contributed by atoms with E-state index >= 15 is 0 Å². The molecule has 6 nitrogen and oxygen atoms in total. The number of carbonyl (C=O) groups is 1. The molecule has 2 unspecified atom stereocenters. The fraction of sp³-hybridized carbons (Fsp3) is 0.208. The summed E-state index contributed by atoms with van der Waals surface area (Å²) < 4.78 is 46.8. The van der Waals surface area contributed by atoms with Gasteiger partial charge >= 0.3 is 6.36 Å². The van der Waals surface area contributed by atoms with E-state index in [1.807, 2.05) is 17.0 Å². The maximum atomic E-state index is 13.0. The van der Waals surface area contributed by atoms with Crippen LogP contribution in [0.5, 0.6) is 11.5 Å². The van der Waals surface area contributed by atoms with E-state index < -0.39 is 30.2 Å². The van der Waals surface area contributed by atoms with Gasteiger partial charge in [0.15, 0.2) is 5.75 Å². The number of ether oxygens (including phenoxy) is 2. The molecule has 1 aliphatic heterocycles. The van der Waals surface area contributed by atoms with Gasteiger partial charge in [0.2, 0.25) is 0 Å². The molecule has 2 N–H and O–H groups in total. The minimum atomic E-state index is -4.80. The molecule has 0 fully saturated rings. The monoisotopic (exact) mass is 492 g/mol. The number of amides is 1. The van der Waals surface area contributed by atoms with Crippen LogP contribution in [0.15, 0.2) is 66.7 Å². The first-order chi connectivity index (χ1) is 16.1. The van der Waals surface area contributed by atoms with Crippen molar-refractivity contribution in [1.29, 1.82) is 0 Å². The number of halogens is 4. The van der Waals surface area contributed by atoms with E-state index in [0.717, 1.165) is 12.1 Å². The first-order valence-electron chi connectivity index (χ1n) is 10.3. The van der Waals surface area contributed by atoms with Gasteiger partial charge in [-0.15, -0.1) is 13.2 Å². The summed E-state index contributed by atoms with van der Waals surface area (Å²) in [6.45, 7) is 1.75. The number of nitrogens with one attached hydrogen (secondary N) is 1. The van der Waals surface area contributed by atoms with E-state index in [2.05, 4.69) is 10.1 Å². The Morgan fingerprint density at radius 1 is 1.12 bits per heavy atom. The second kappa shape index (κ2) is 9.44. The number of hydrogen-bond acceptors (Lipinski definition) is 5. The first kappa shape index (κ1) is 23.7. The molecule has 3 aromatic carbocycles. The minimum absolute atomic E-state index is 0.101. The van der Waals surface area contributed by atoms with Crippen LogP contribution >= 0.6 is 11.6 Å². The lowest BCUT2D eigenvalue weighted by Gasteiger charge is -2.40. The molecule has 10 heteroatoms. The molecule has 0 saturated carbocycles. The molecule has 0 saturated heterocycles. The van der Waals surface area contributed by atoms with Gasteiger partial charge in [-0.3, -0.25) is 4.79 Å². The molecule has 34 heavy (non-hydrogen) atoms. The highest BCUT2D eigenvalue weighted by Crippen LogP contribution is 2.44. The summed E-state index contributed by atoms with van der Waals surface area (Å²) in [5.41, 5.74) is 1.69. The zero-order valence-corrected chi connectivity index (χ0v) is 18.6. The number of rotatable bonds is 5. The van der Waals surface area contributed by atoms with Crippen molar-refractivity contribution in [2.45, 2.75) is 25.4 Å². The second-order valence-corrected chi connectivity index (χ2v) is 8.03. The lowest BCUT2D eigenvalue weighted by molar-refractivity contribution is -0.274. The number of aliphatic hydroxyl groups excluding tert-OH is 1. The van der Waals surface area contributed by atoms with Gasteiger partial charge in [0.05, 0.1) is 34.1 Å². The van der Waals surface area contributed by atoms with Gasteiger partial charge in [-0.2, -0.15) is 0 Å². The Bertz CT molecular complexity index is 1190. The van der Waals surface area contributed by atoms with Gasteiger partial charge < -0.3 is 24.8 Å². The molecule has 3 aromatic rings. The number of alkyl halides is 3. The number of hydrogen-bond donors (Lipinski definition) is 2. The lowest BCUT2D eigenvalue weighted by atomic mass is 10.0. The summed E-state index contributed by atoms with van der Waals surface area (Å²) in [6.07, 6.45) is -5.57. The van der Waals surface area contributed by atoms with Gasteiger partial charge in [-0.05, 0) is 55.5 Å². The molecule has 1 heterocycles. The van der Waals surface area contributed by atoms with Crippen molar-refractivity contribution in [3.63, 3.8) is 0 Å². The van der Waals surface area contributed by atoms with Crippen molar-refractivity contribution in [3.05, 3.63) is 77.3 Å². The third kappa shape index (κ3) is 5.05. The topological polar surface area (TPSA) is 71.0 Å². The highest BCUT2D eigenvalue weighted by Gasteiger charge is 2.35. The number of fused-ring (bicyclic) bond motifs is 1. The molecular weight excluding hydrogens is 473 g/mol. The van der Waals surface area contributed by atoms with Crippen LogP contribution < -0.4 is 19.7 Å². The molecule has 0 aliphatic carbocycles. The highest BCUT2D eigenvalue weighted by atomic mass is 35.5. The molecule has 0 bridgehead atoms. The van der Waals surface area contributed by atoms with Gasteiger partial charge in [0, 0.05) is 5.69 Å². The zero-order valence-electron chi connectivity index (χ0n) is 17.8. The van der Waals surface area contributed by atoms with Crippen molar-refractivity contribution in [2.75, 3.05) is 16.8 Å². The first-order valence-corrected chi connectivity index (χ1v) is 10.7. The summed E-state index contributed by atoms with van der Waals surface area (Å²) in [6, 6.07) is 16.5. The largest absolute Gasteiger partial charge is 0.573 e. The number of para-hydroxylation sites is 2. The highest BCUT2D eigenvalue weighted by molar-refractivity contribution is 6.33. The van der Waals surface area contributed by atoms with E-state index in [1.165, 1.54) is 12.1 Å². The standard InChI is InChI=1S/C24H20ClF3N2O4/c1-14(31)21-13-33-22-17(5-4-8-20(22)30(21)19-7-3-2-6-18(19)25)23(32)29-15-9-11-16(12-10-15)34-24(26,27)28/h2-12,14,21,31H,13H2,1H3,(H,29,32). The van der Waals surface area contributed by atoms with Crippen molar-refractivity contribution in [3.8, 4) is 11.5 Å². The smallest absolute Gasteiger partial charge is 0.488 e. The Morgan fingerprint density at radius 2 is 1.79 bits per heavy atom. The van der Waals surface area contributed by atoms with E-state index in [-0.39, 0.29) is 17.9 Å². The second-order valence-electron chi connectivity index (χ2n) is 7.62. The molecule has 0 aromatic heterocycles. The van der Waals surface area contributed by atoms with E-state index in [0.29, 0.717) is 22.1 Å². The predicted molar refractivity (Wildman–Crippen MR) is 122 cm³/mol. The number of carbonyl (C=O) groups excluding carboxylic acids is 1. The predicted octanol–water partition coefficient (Wildman–Crippen LogP) is 5.77. The average Bonchev–Trinajstić information content (AvgIpc) is 2.78. The Morgan fingerprint density at radius 3 is 2.44 bits per heavy atom. The molecule has 0 spiro atoms. The third-order valence-corrected chi connectivity index (χ3v) is 5.56. The Kier molecular flexibility index (Phi) is 6.58. The van der Waals surface area contributed by atoms with Gasteiger partial charge in [-0.1, -0.05) is 29.8 Å². The van der Waals surface area contributed by atoms with Crippen LogP contribution in [0.4, 0.5) is 30.2 Å². The summed E-state index contributed by atoms with van der Waals surface area (Å²) in [4.78, 5) is 14.9. The summed E-state index contributed by atoms with van der Waals surface area (Å²) in [5, 5.41) is 13.5. The molecule has 178 valence electrons. The average molecular weight is 493 g/mol. The number of aliphatic hydroxyl groups is 1. The van der Waals surface area contributed by atoms with Crippen LogP contribution in [0.1, 0.15) is 17.3 Å². The van der Waals surface area contributed by atoms with Crippen LogP contribution in [0.25, 0.3) is 0 Å². The van der Waals surface area contributed by atoms with Gasteiger partial charge in [0.25, 0.3) is 5.91 Å². The van der Waals surface area contributed by atoms with E-state index in [4.69, 9.17) is 16.3 Å². The van der Waals surface area contributed by atoms with Crippen molar-refractivity contribution in [1.82, 2.24) is 0 Å². The van der Waals surface area contributed by atoms with Crippen molar-refractivity contribution < 1.29 is 32.5 Å². The molecule has 1 aliphatic rings. The quantitative estimate of drug-likeness (QED) is 0.473. The fourth-order valence-electron chi connectivity index (χ4n) is 3.72. The van der Waals surface area contributed by atoms with E-state index in [1.54, 1.807) is 37.3 Å². The summed E-state index contributed by atoms with van der Waals surface area (Å²) >= 11 is 6.43. The molecule has 4 rings (SSSR count). The van der Waals surface area contributed by atoms with Crippen LogP contribution in [0.3, 0.4) is 0 Å². The lowest BCUT2D eigenvalue weighted by Crippen LogP contribution is -2.47. The van der Waals surface area contributed by atoms with Crippen molar-refractivity contribution >= 4 is 34.6 Å². The molecule has 2 atom stereocenters. The summed E-state index contributed by atoms with van der Waals surface area (Å²) in [5.74, 6) is -0.616. The SMILES string of the molecule is CC(O)C1COc2c(C(=O)Nc3ccc(OC(F)(F)F)cc3)cccc2N1c1ccccc1Cl. The van der Waals surface area contributed by atoms with Crippen LogP contribution in [-0.4, -0.2) is 36.1 Å². The maximum absolute atomic E-state index is 13.0. The minimum Gasteiger partial charge on any atom is -0.488 e. The molecule has 0 radical (unpaired) electrons. The molecular formula is C24H20ClF3N2O4. The fourth-order valence-corrected chi connectivity index (χ4v) is 3.94. The number of nitrogens with zero attached hydrogens (tertiary/aromatic N) is 1. The van der Waals surface area contributed by atoms with Crippen LogP contribution in [0.2, 0.25) is 5.02 Å². The van der Waals surface area contributed by atoms with E-state index in [9.17, 15) is 23.1 Å². The van der Waals surface area contributed by atoms with Crippen LogP contribution in [0, 0.1) is 0 Å². The normalized spacial score (nSPS) is 16.3. The van der Waals surface area contributed by atoms with Gasteiger partial charge in [0.1, 0.15) is 12.4 Å². The zero-order chi connectivity index (χ0) is 24.5. The Hall–Kier alpha value is -3.43. The number of anilines is 3. The van der Waals surface area contributed by atoms with Crippen molar-refractivity contribution in [2.24, 2.45) is 0 Å². The number of benzene rings is 3. The summed E-state index contributed by atoms with van der Waals surface area (Å²) in [7, 11) is 0. The molecule has 1 amide bonds. The van der Waals surface area contributed by atoms with Crippen LogP contribution in [-0.2, 0) is 0 Å².